The molecule has 1 aliphatic carbocycles. The van der Waals surface area contributed by atoms with E-state index in [2.05, 4.69) is 4.18 Å². The maximum Gasteiger partial charge on any atom is 0.397 e. The first-order valence-corrected chi connectivity index (χ1v) is 8.50. The molecule has 0 spiro atoms. The molecule has 24 heavy (non-hydrogen) atoms. The predicted molar refractivity (Wildman–Crippen MR) is 76.6 cm³/mol. The molecule has 1 aliphatic rings. The van der Waals surface area contributed by atoms with Gasteiger partial charge in [0.1, 0.15) is 55.4 Å². The van der Waals surface area contributed by atoms with Gasteiger partial charge in [-0.3, -0.25) is 4.55 Å². The minimum absolute atomic E-state index is 0.0826. The molecule has 0 aliphatic heterocycles. The van der Waals surface area contributed by atoms with E-state index in [4.69, 9.17) is 9.66 Å². The van der Waals surface area contributed by atoms with Crippen LogP contribution in [0, 0.1) is 11.8 Å². The van der Waals surface area contributed by atoms with Gasteiger partial charge in [0.15, 0.2) is 5.92 Å². The quantitative estimate of drug-likeness (QED) is 0.144. The van der Waals surface area contributed by atoms with Crippen molar-refractivity contribution in [1.82, 2.24) is 0 Å². The summed E-state index contributed by atoms with van der Waals surface area (Å²) in [5, 5.41) is 66.6. The fourth-order valence-electron chi connectivity index (χ4n) is 2.72. The van der Waals surface area contributed by atoms with E-state index >= 15 is 0 Å². The van der Waals surface area contributed by atoms with E-state index in [1.807, 2.05) is 0 Å². The summed E-state index contributed by atoms with van der Waals surface area (Å²) in [5.41, 5.74) is 0. The van der Waals surface area contributed by atoms with E-state index < -0.39 is 72.6 Å². The Labute approximate surface area is 138 Å². The van der Waals surface area contributed by atoms with Crippen molar-refractivity contribution >= 4 is 10.4 Å². The van der Waals surface area contributed by atoms with E-state index in [0.717, 1.165) is 0 Å². The lowest BCUT2D eigenvalue weighted by molar-refractivity contribution is -0.106. The molecule has 12 heteroatoms. The van der Waals surface area contributed by atoms with Crippen LogP contribution in [0.25, 0.3) is 0 Å². The third-order valence-electron chi connectivity index (χ3n) is 4.00. The molecule has 142 valence electrons. The number of aliphatic hydroxyl groups excluding tert-OH is 7. The molecular formula is C12H23O11S+. The van der Waals surface area contributed by atoms with Crippen LogP contribution in [0.5, 0.6) is 0 Å². The van der Waals surface area contributed by atoms with Crippen LogP contribution in [0.15, 0.2) is 0 Å². The molecule has 11 nitrogen and oxygen atoms in total. The number of aliphatic hydroxyl groups is 7. The van der Waals surface area contributed by atoms with Crippen LogP contribution in [0.3, 0.4) is 0 Å². The van der Waals surface area contributed by atoms with Gasteiger partial charge in [0, 0.05) is 0 Å². The van der Waals surface area contributed by atoms with Crippen molar-refractivity contribution in [1.29, 1.82) is 0 Å². The zero-order chi connectivity index (χ0) is 18.7. The highest BCUT2D eigenvalue weighted by Crippen LogP contribution is 2.38. The lowest BCUT2D eigenvalue weighted by Gasteiger charge is -2.27. The van der Waals surface area contributed by atoms with Crippen molar-refractivity contribution < 1.29 is 52.9 Å². The molecule has 8 N–H and O–H groups in total. The molecule has 0 unspecified atom stereocenters. The largest absolute Gasteiger partial charge is 0.397 e. The smallest absolute Gasteiger partial charge is 0.394 e. The first kappa shape index (κ1) is 21.5. The third kappa shape index (κ3) is 5.49. The third-order valence-corrected chi connectivity index (χ3v) is 4.47. The Morgan fingerprint density at radius 1 is 1.12 bits per heavy atom. The summed E-state index contributed by atoms with van der Waals surface area (Å²) >= 11 is 0. The Morgan fingerprint density at radius 3 is 2.17 bits per heavy atom. The Balaban J connectivity index is 2.89. The second-order valence-electron chi connectivity index (χ2n) is 5.71. The normalized spacial score (nSPS) is 30.2. The molecule has 0 aromatic rings. The van der Waals surface area contributed by atoms with Gasteiger partial charge in [-0.1, -0.05) is 0 Å². The van der Waals surface area contributed by atoms with Crippen LogP contribution in [-0.4, -0.2) is 98.6 Å². The summed E-state index contributed by atoms with van der Waals surface area (Å²) in [7, 11) is -5.10. The summed E-state index contributed by atoms with van der Waals surface area (Å²) in [6, 6.07) is 0. The number of hydrogen-bond acceptors (Lipinski definition) is 10. The summed E-state index contributed by atoms with van der Waals surface area (Å²) in [6.07, 6.45) is -10.7. The standard InChI is InChI=1S/C12H22O11S/c13-3-6-5(1-7(15)10(6)18)2-8(16)12(23-24(20,21)22)11(19)9(17)4-14/h6-19H,1-4H2/p+1/t6-,7+,8+,9-,10+,11+,12-/m0/s1. The first-order valence-electron chi connectivity index (χ1n) is 7.14. The molecule has 1 fully saturated rings. The van der Waals surface area contributed by atoms with Crippen molar-refractivity contribution in [2.45, 2.75) is 49.5 Å². The summed E-state index contributed by atoms with van der Waals surface area (Å²) in [6.45, 7) is -1.50. The summed E-state index contributed by atoms with van der Waals surface area (Å²) in [5.74, 6) is -0.583. The van der Waals surface area contributed by atoms with Crippen LogP contribution >= 0.6 is 0 Å². The van der Waals surface area contributed by atoms with Crippen molar-refractivity contribution in [2.24, 2.45) is 5.92 Å². The van der Waals surface area contributed by atoms with Gasteiger partial charge in [0.25, 0.3) is 0 Å². The van der Waals surface area contributed by atoms with E-state index in [1.165, 1.54) is 0 Å². The monoisotopic (exact) mass is 375 g/mol. The number of hydrogen-bond donors (Lipinski definition) is 8. The van der Waals surface area contributed by atoms with Gasteiger partial charge in [0.05, 0.1) is 13.2 Å². The zero-order valence-electron chi connectivity index (χ0n) is 12.6. The highest BCUT2D eigenvalue weighted by Gasteiger charge is 2.52. The van der Waals surface area contributed by atoms with Crippen molar-refractivity contribution in [2.75, 3.05) is 13.2 Å². The van der Waals surface area contributed by atoms with Gasteiger partial charge in [-0.2, -0.15) is 8.42 Å². The molecule has 1 rings (SSSR count). The Bertz CT molecular complexity index is 483. The maximum absolute atomic E-state index is 10.9. The molecule has 0 amide bonds. The molecule has 0 heterocycles. The predicted octanol–water partition coefficient (Wildman–Crippen LogP) is -4.05. The summed E-state index contributed by atoms with van der Waals surface area (Å²) in [4.78, 5) is 0. The van der Waals surface area contributed by atoms with E-state index in [9.17, 15) is 39.1 Å². The van der Waals surface area contributed by atoms with Gasteiger partial charge in [-0.15, -0.1) is 0 Å². The molecular weight excluding hydrogens is 352 g/mol. The molecule has 0 bridgehead atoms. The van der Waals surface area contributed by atoms with Crippen molar-refractivity contribution in [3.8, 4) is 0 Å². The highest BCUT2D eigenvalue weighted by atomic mass is 32.3. The fourth-order valence-corrected chi connectivity index (χ4v) is 3.25. The van der Waals surface area contributed by atoms with E-state index in [-0.39, 0.29) is 6.42 Å². The zero-order valence-corrected chi connectivity index (χ0v) is 13.4. The summed E-state index contributed by atoms with van der Waals surface area (Å²) < 4.78 is 34.6. The Morgan fingerprint density at radius 2 is 1.71 bits per heavy atom. The second-order valence-corrected chi connectivity index (χ2v) is 6.76. The van der Waals surface area contributed by atoms with Gasteiger partial charge in [0.2, 0.25) is 0 Å². The van der Waals surface area contributed by atoms with Gasteiger partial charge in [-0.05, 0) is 0 Å². The van der Waals surface area contributed by atoms with Crippen LogP contribution in [0.4, 0.5) is 0 Å². The molecule has 1 saturated carbocycles. The van der Waals surface area contributed by atoms with E-state index in [0.29, 0.717) is 5.92 Å². The van der Waals surface area contributed by atoms with Gasteiger partial charge < -0.3 is 35.7 Å². The lowest BCUT2D eigenvalue weighted by Crippen LogP contribution is -2.49. The topological polar surface area (TPSA) is 205 Å². The highest BCUT2D eigenvalue weighted by molar-refractivity contribution is 7.80. The molecule has 0 saturated heterocycles. The van der Waals surface area contributed by atoms with E-state index in [1.54, 1.807) is 0 Å². The minimum atomic E-state index is -5.10. The molecule has 7 atom stereocenters. The van der Waals surface area contributed by atoms with Crippen LogP contribution in [-0.2, 0) is 14.6 Å². The van der Waals surface area contributed by atoms with Crippen LogP contribution in [0.2, 0.25) is 0 Å². The fraction of sp³-hybridized carbons (Fsp3) is 0.917. The Kier molecular flexibility index (Phi) is 7.80. The molecule has 0 aromatic carbocycles. The first-order chi connectivity index (χ1) is 11.0. The molecule has 0 radical (unpaired) electrons. The second kappa shape index (κ2) is 8.71. The maximum atomic E-state index is 10.9. The SMILES string of the molecule is O=S(=O)(O)O[C@H]([C@H](O)[C@@H](O)CO)[C@H](O)C[C+]1C[C@@H](O)[C@H](O)[C@H]1CO. The van der Waals surface area contributed by atoms with Crippen molar-refractivity contribution in [3.63, 3.8) is 0 Å². The van der Waals surface area contributed by atoms with Gasteiger partial charge >= 0.3 is 10.4 Å². The number of rotatable bonds is 9. The van der Waals surface area contributed by atoms with Crippen molar-refractivity contribution in [3.05, 3.63) is 5.92 Å². The average molecular weight is 375 g/mol. The Hall–Kier alpha value is -0.540. The van der Waals surface area contributed by atoms with Gasteiger partial charge in [-0.25, -0.2) is 4.18 Å². The molecule has 0 aromatic heterocycles. The van der Waals surface area contributed by atoms with Crippen LogP contribution < -0.4 is 0 Å². The average Bonchev–Trinajstić information content (AvgIpc) is 2.76. The lowest BCUT2D eigenvalue weighted by atomic mass is 9.87. The minimum Gasteiger partial charge on any atom is -0.394 e. The van der Waals surface area contributed by atoms with Crippen LogP contribution in [0.1, 0.15) is 12.8 Å².